The Morgan fingerprint density at radius 1 is 0.805 bits per heavy atom. The topological polar surface area (TPSA) is 105 Å². The van der Waals surface area contributed by atoms with Gasteiger partial charge in [-0.3, -0.25) is 14.6 Å². The summed E-state index contributed by atoms with van der Waals surface area (Å²) in [4.78, 5) is 30.8. The van der Waals surface area contributed by atoms with E-state index < -0.39 is 33.7 Å². The third kappa shape index (κ3) is 8.98. The van der Waals surface area contributed by atoms with Gasteiger partial charge in [-0.2, -0.15) is 0 Å². The van der Waals surface area contributed by atoms with Crippen molar-refractivity contribution in [3.05, 3.63) is 143 Å². The highest BCUT2D eigenvalue weighted by Gasteiger charge is 2.24. The highest BCUT2D eigenvalue weighted by atomic mass is 32.2. The molecule has 0 spiro atoms. The number of pyridine rings is 1. The first-order valence-corrected chi connectivity index (χ1v) is 14.9. The summed E-state index contributed by atoms with van der Waals surface area (Å²) in [6.45, 7) is 1.98. The molecule has 0 unspecified atom stereocenters. The van der Waals surface area contributed by atoms with Crippen molar-refractivity contribution in [2.45, 2.75) is 43.2 Å². The van der Waals surface area contributed by atoms with Gasteiger partial charge in [-0.1, -0.05) is 84.4 Å². The van der Waals surface area contributed by atoms with E-state index in [0.717, 1.165) is 22.1 Å². The van der Waals surface area contributed by atoms with Crippen molar-refractivity contribution in [2.24, 2.45) is 0 Å². The zero-order valence-corrected chi connectivity index (χ0v) is 23.6. The van der Waals surface area contributed by atoms with E-state index in [-0.39, 0.29) is 11.3 Å². The normalized spacial score (nSPS) is 12.9. The molecule has 1 aromatic heterocycles. The van der Waals surface area contributed by atoms with Crippen molar-refractivity contribution in [1.82, 2.24) is 15.6 Å². The van der Waals surface area contributed by atoms with Gasteiger partial charge in [0, 0.05) is 35.8 Å². The summed E-state index contributed by atoms with van der Waals surface area (Å²) in [6.07, 6.45) is 5.89. The highest BCUT2D eigenvalue weighted by Crippen LogP contribution is 2.14. The highest BCUT2D eigenvalue weighted by molar-refractivity contribution is 7.94. The lowest BCUT2D eigenvalue weighted by Gasteiger charge is -2.22. The van der Waals surface area contributed by atoms with E-state index in [1.807, 2.05) is 61.5 Å². The maximum absolute atomic E-state index is 13.7. The molecule has 0 saturated carbocycles. The third-order valence-electron chi connectivity index (χ3n) is 6.60. The van der Waals surface area contributed by atoms with Crippen LogP contribution in [0, 0.1) is 6.92 Å². The van der Waals surface area contributed by atoms with Crippen molar-refractivity contribution in [3.8, 4) is 0 Å². The van der Waals surface area contributed by atoms with Crippen molar-refractivity contribution in [1.29, 1.82) is 0 Å². The summed E-state index contributed by atoms with van der Waals surface area (Å²) in [7, 11) is -3.71. The second-order valence-corrected chi connectivity index (χ2v) is 11.6. The lowest BCUT2D eigenvalue weighted by molar-refractivity contribution is -0.123. The fourth-order valence-electron chi connectivity index (χ4n) is 4.27. The molecule has 0 radical (unpaired) electrons. The minimum Gasteiger partial charge on any atom is -0.348 e. The van der Waals surface area contributed by atoms with Gasteiger partial charge in [-0.15, -0.1) is 0 Å². The minimum absolute atomic E-state index is 0.172. The first kappa shape index (κ1) is 29.4. The number of benzene rings is 3. The molecule has 4 rings (SSSR count). The Morgan fingerprint density at radius 3 is 2.10 bits per heavy atom. The number of amides is 2. The van der Waals surface area contributed by atoms with Crippen LogP contribution in [0.2, 0.25) is 0 Å². The van der Waals surface area contributed by atoms with Gasteiger partial charge in [0.1, 0.15) is 6.04 Å². The maximum Gasteiger partial charge on any atom is 0.252 e. The first-order chi connectivity index (χ1) is 19.8. The summed E-state index contributed by atoms with van der Waals surface area (Å²) in [5, 5.41) is 6.98. The van der Waals surface area contributed by atoms with E-state index in [1.165, 1.54) is 30.6 Å². The third-order valence-corrected chi connectivity index (χ3v) is 8.05. The number of carbonyl (C=O) groups is 2. The summed E-state index contributed by atoms with van der Waals surface area (Å²) >= 11 is 0. The van der Waals surface area contributed by atoms with E-state index >= 15 is 0 Å². The lowest BCUT2D eigenvalue weighted by Crippen LogP contribution is -2.50. The van der Waals surface area contributed by atoms with Crippen molar-refractivity contribution in [2.75, 3.05) is 0 Å². The van der Waals surface area contributed by atoms with E-state index in [4.69, 9.17) is 0 Å². The quantitative estimate of drug-likeness (QED) is 0.255. The predicted octanol–water partition coefficient (Wildman–Crippen LogP) is 4.84. The fourth-order valence-corrected chi connectivity index (χ4v) is 5.36. The molecule has 2 amide bonds. The van der Waals surface area contributed by atoms with E-state index in [0.29, 0.717) is 18.4 Å². The molecule has 0 fully saturated rings. The van der Waals surface area contributed by atoms with Crippen LogP contribution in [-0.2, 0) is 27.5 Å². The zero-order chi connectivity index (χ0) is 29.1. The molecule has 8 heteroatoms. The monoisotopic (exact) mass is 567 g/mol. The molecule has 2 N–H and O–H groups in total. The molecular weight excluding hydrogens is 534 g/mol. The number of carbonyl (C=O) groups excluding carboxylic acids is 2. The SMILES string of the molecule is Cc1ccc(C[C@H](NC(=O)c2ccncc2)C(=O)N[C@H](/C=C/S(=O)(=O)c2ccccc2)CCc2ccccc2)cc1. The molecule has 7 nitrogen and oxygen atoms in total. The number of hydrogen-bond donors (Lipinski definition) is 2. The van der Waals surface area contributed by atoms with Gasteiger partial charge in [0.15, 0.2) is 9.84 Å². The lowest BCUT2D eigenvalue weighted by atomic mass is 10.0. The van der Waals surface area contributed by atoms with E-state index in [2.05, 4.69) is 15.6 Å². The molecule has 3 aromatic carbocycles. The van der Waals surface area contributed by atoms with Gasteiger partial charge in [0.05, 0.1) is 4.90 Å². The minimum atomic E-state index is -3.71. The van der Waals surface area contributed by atoms with Crippen LogP contribution in [0.4, 0.5) is 0 Å². The summed E-state index contributed by atoms with van der Waals surface area (Å²) < 4.78 is 25.9. The van der Waals surface area contributed by atoms with Gasteiger partial charge in [0.2, 0.25) is 5.91 Å². The van der Waals surface area contributed by atoms with Crippen molar-refractivity contribution >= 4 is 21.7 Å². The van der Waals surface area contributed by atoms with Gasteiger partial charge in [-0.25, -0.2) is 8.42 Å². The van der Waals surface area contributed by atoms with Crippen LogP contribution in [0.1, 0.15) is 33.5 Å². The Labute approximate surface area is 241 Å². The summed E-state index contributed by atoms with van der Waals surface area (Å²) in [5.41, 5.74) is 3.42. The standard InChI is InChI=1S/C33H33N3O4S/c1-25-12-14-27(15-13-25)24-31(36-32(37)28-18-21-34-22-19-28)33(38)35-29(17-16-26-8-4-2-5-9-26)20-23-41(39,40)30-10-6-3-7-11-30/h2-15,18-23,29,31H,16-17,24H2,1H3,(H,35,38)(H,36,37)/b23-20+/t29-,31-/m0/s1. The summed E-state index contributed by atoms with van der Waals surface area (Å²) in [6, 6.07) is 27.3. The predicted molar refractivity (Wildman–Crippen MR) is 160 cm³/mol. The second-order valence-electron chi connectivity index (χ2n) is 9.78. The van der Waals surface area contributed by atoms with Crippen LogP contribution >= 0.6 is 0 Å². The number of sulfone groups is 1. The molecule has 0 saturated heterocycles. The van der Waals surface area contributed by atoms with Crippen LogP contribution < -0.4 is 10.6 Å². The Balaban J connectivity index is 1.57. The maximum atomic E-state index is 13.7. The smallest absolute Gasteiger partial charge is 0.252 e. The second kappa shape index (κ2) is 14.2. The number of aryl methyl sites for hydroxylation is 2. The number of rotatable bonds is 12. The number of nitrogens with zero attached hydrogens (tertiary/aromatic N) is 1. The fraction of sp³-hybridized carbons (Fsp3) is 0.182. The number of hydrogen-bond acceptors (Lipinski definition) is 5. The van der Waals surface area contributed by atoms with E-state index in [1.54, 1.807) is 30.3 Å². The summed E-state index contributed by atoms with van der Waals surface area (Å²) in [5.74, 6) is -0.810. The van der Waals surface area contributed by atoms with Crippen molar-refractivity contribution in [3.63, 3.8) is 0 Å². The number of aromatic nitrogens is 1. The molecule has 0 bridgehead atoms. The van der Waals surface area contributed by atoms with Crippen LogP contribution in [0.3, 0.4) is 0 Å². The molecule has 1 heterocycles. The van der Waals surface area contributed by atoms with Gasteiger partial charge in [0.25, 0.3) is 5.91 Å². The molecule has 0 aliphatic carbocycles. The Hall–Kier alpha value is -4.56. The molecular formula is C33H33N3O4S. The van der Waals surface area contributed by atoms with Gasteiger partial charge >= 0.3 is 0 Å². The molecule has 0 aliphatic heterocycles. The largest absolute Gasteiger partial charge is 0.348 e. The van der Waals surface area contributed by atoms with Crippen LogP contribution in [0.5, 0.6) is 0 Å². The molecule has 2 atom stereocenters. The van der Waals surface area contributed by atoms with Crippen LogP contribution in [0.25, 0.3) is 0 Å². The Bertz CT molecular complexity index is 1560. The van der Waals surface area contributed by atoms with Gasteiger partial charge < -0.3 is 10.6 Å². The average Bonchev–Trinajstić information content (AvgIpc) is 3.00. The molecule has 4 aromatic rings. The van der Waals surface area contributed by atoms with E-state index in [9.17, 15) is 18.0 Å². The Kier molecular flexibility index (Phi) is 10.2. The van der Waals surface area contributed by atoms with Gasteiger partial charge in [-0.05, 0) is 55.2 Å². The molecule has 41 heavy (non-hydrogen) atoms. The van der Waals surface area contributed by atoms with Crippen molar-refractivity contribution < 1.29 is 18.0 Å². The zero-order valence-electron chi connectivity index (χ0n) is 22.8. The first-order valence-electron chi connectivity index (χ1n) is 13.4. The average molecular weight is 568 g/mol. The molecule has 0 aliphatic rings. The number of nitrogens with one attached hydrogen (secondary N) is 2. The Morgan fingerprint density at radius 2 is 1.44 bits per heavy atom. The molecule has 210 valence electrons. The van der Waals surface area contributed by atoms with Crippen LogP contribution in [-0.4, -0.2) is 37.3 Å². The van der Waals surface area contributed by atoms with Crippen LogP contribution in [0.15, 0.2) is 126 Å².